The van der Waals surface area contributed by atoms with E-state index in [-0.39, 0.29) is 11.5 Å². The van der Waals surface area contributed by atoms with Gasteiger partial charge in [-0.3, -0.25) is 4.79 Å². The van der Waals surface area contributed by atoms with Gasteiger partial charge in [0, 0.05) is 13.1 Å². The minimum atomic E-state index is -0.882. The Kier molecular flexibility index (Phi) is 4.60. The van der Waals surface area contributed by atoms with Crippen molar-refractivity contribution in [1.29, 1.82) is 0 Å². The maximum Gasteiger partial charge on any atom is 0.338 e. The van der Waals surface area contributed by atoms with Crippen LogP contribution in [0, 0.1) is 5.82 Å². The zero-order valence-electron chi connectivity index (χ0n) is 13.4. The van der Waals surface area contributed by atoms with Crippen molar-refractivity contribution in [2.75, 3.05) is 6.54 Å². The Balaban J connectivity index is 1.63. The first-order chi connectivity index (χ1) is 11.5. The lowest BCUT2D eigenvalue weighted by Gasteiger charge is -2.30. The van der Waals surface area contributed by atoms with Gasteiger partial charge >= 0.3 is 5.97 Å². The normalized spacial score (nSPS) is 14.7. The molecule has 124 valence electrons. The number of carbonyl (C=O) groups excluding carboxylic acids is 2. The van der Waals surface area contributed by atoms with Gasteiger partial charge in [0.1, 0.15) is 5.82 Å². The van der Waals surface area contributed by atoms with Crippen molar-refractivity contribution in [3.8, 4) is 0 Å². The quantitative estimate of drug-likeness (QED) is 0.814. The summed E-state index contributed by atoms with van der Waals surface area (Å²) in [5.41, 5.74) is 2.59. The number of benzene rings is 2. The zero-order valence-corrected chi connectivity index (χ0v) is 13.4. The Morgan fingerprint density at radius 1 is 1.08 bits per heavy atom. The molecule has 0 saturated carbocycles. The predicted octanol–water partition coefficient (Wildman–Crippen LogP) is 2.96. The van der Waals surface area contributed by atoms with Crippen molar-refractivity contribution in [1.82, 2.24) is 4.90 Å². The summed E-state index contributed by atoms with van der Waals surface area (Å²) in [6.07, 6.45) is -0.0894. The summed E-state index contributed by atoms with van der Waals surface area (Å²) >= 11 is 0. The molecule has 0 aliphatic carbocycles. The molecule has 0 bridgehead atoms. The van der Waals surface area contributed by atoms with Crippen LogP contribution in [0.2, 0.25) is 0 Å². The minimum absolute atomic E-state index is 0.222. The SMILES string of the molecule is C[C@@H](OC(=O)c1ccc(F)cc1)C(=O)N1CCc2ccccc2C1. The number of rotatable bonds is 3. The Labute approximate surface area is 139 Å². The zero-order chi connectivity index (χ0) is 17.1. The predicted molar refractivity (Wildman–Crippen MR) is 86.8 cm³/mol. The van der Waals surface area contributed by atoms with Crippen molar-refractivity contribution < 1.29 is 18.7 Å². The van der Waals surface area contributed by atoms with Gasteiger partial charge in [-0.1, -0.05) is 24.3 Å². The summed E-state index contributed by atoms with van der Waals surface area (Å²) in [4.78, 5) is 26.3. The monoisotopic (exact) mass is 327 g/mol. The second kappa shape index (κ2) is 6.83. The van der Waals surface area contributed by atoms with Crippen molar-refractivity contribution in [3.05, 3.63) is 71.0 Å². The molecule has 0 radical (unpaired) electrons. The summed E-state index contributed by atoms with van der Waals surface area (Å²) in [6, 6.07) is 13.1. The van der Waals surface area contributed by atoms with Crippen LogP contribution >= 0.6 is 0 Å². The molecule has 0 N–H and O–H groups in total. The number of esters is 1. The van der Waals surface area contributed by atoms with Crippen LogP contribution in [0.3, 0.4) is 0 Å². The molecule has 2 aromatic carbocycles. The number of amides is 1. The molecule has 1 aliphatic heterocycles. The van der Waals surface area contributed by atoms with Gasteiger partial charge in [-0.25, -0.2) is 9.18 Å². The van der Waals surface area contributed by atoms with Gasteiger partial charge in [0.25, 0.3) is 5.91 Å². The fourth-order valence-corrected chi connectivity index (χ4v) is 2.81. The van der Waals surface area contributed by atoms with Gasteiger partial charge in [-0.05, 0) is 48.7 Å². The summed E-state index contributed by atoms with van der Waals surface area (Å²) in [5, 5.41) is 0. The van der Waals surface area contributed by atoms with Gasteiger partial charge < -0.3 is 9.64 Å². The van der Waals surface area contributed by atoms with Crippen molar-refractivity contribution in [3.63, 3.8) is 0 Å². The molecule has 1 amide bonds. The standard InChI is InChI=1S/C19H18FNO3/c1-13(24-19(23)15-6-8-17(20)9-7-15)18(22)21-11-10-14-4-2-3-5-16(14)12-21/h2-9,13H,10-12H2,1H3/t13-/m1/s1. The molecule has 0 fully saturated rings. The van der Waals surface area contributed by atoms with Crippen molar-refractivity contribution >= 4 is 11.9 Å². The Morgan fingerprint density at radius 2 is 1.75 bits per heavy atom. The molecule has 1 heterocycles. The topological polar surface area (TPSA) is 46.6 Å². The van der Waals surface area contributed by atoms with E-state index in [1.807, 2.05) is 18.2 Å². The van der Waals surface area contributed by atoms with Crippen LogP contribution in [-0.2, 0) is 22.5 Å². The van der Waals surface area contributed by atoms with Gasteiger partial charge in [-0.2, -0.15) is 0 Å². The third-order valence-electron chi connectivity index (χ3n) is 4.15. The highest BCUT2D eigenvalue weighted by molar-refractivity contribution is 5.92. The van der Waals surface area contributed by atoms with E-state index in [1.54, 1.807) is 11.8 Å². The first-order valence-electron chi connectivity index (χ1n) is 7.86. The highest BCUT2D eigenvalue weighted by atomic mass is 19.1. The van der Waals surface area contributed by atoms with E-state index in [1.165, 1.54) is 29.8 Å². The molecule has 2 aromatic rings. The Bertz CT molecular complexity index is 757. The van der Waals surface area contributed by atoms with E-state index in [0.717, 1.165) is 12.0 Å². The Morgan fingerprint density at radius 3 is 2.46 bits per heavy atom. The smallest absolute Gasteiger partial charge is 0.338 e. The van der Waals surface area contributed by atoms with Crippen LogP contribution < -0.4 is 0 Å². The molecule has 1 aliphatic rings. The average molecular weight is 327 g/mol. The maximum absolute atomic E-state index is 12.9. The molecule has 5 heteroatoms. The van der Waals surface area contributed by atoms with Gasteiger partial charge in [0.05, 0.1) is 5.56 Å². The highest BCUT2D eigenvalue weighted by Crippen LogP contribution is 2.19. The van der Waals surface area contributed by atoms with Crippen molar-refractivity contribution in [2.24, 2.45) is 0 Å². The van der Waals surface area contributed by atoms with Gasteiger partial charge in [0.15, 0.2) is 6.10 Å². The molecule has 24 heavy (non-hydrogen) atoms. The van der Waals surface area contributed by atoms with E-state index < -0.39 is 17.9 Å². The van der Waals surface area contributed by atoms with Crippen LogP contribution in [-0.4, -0.2) is 29.4 Å². The number of hydrogen-bond acceptors (Lipinski definition) is 3. The molecular formula is C19H18FNO3. The second-order valence-electron chi connectivity index (χ2n) is 5.83. The van der Waals surface area contributed by atoms with E-state index >= 15 is 0 Å². The molecule has 0 saturated heterocycles. The molecule has 0 spiro atoms. The minimum Gasteiger partial charge on any atom is -0.449 e. The first-order valence-corrected chi connectivity index (χ1v) is 7.86. The molecule has 0 aromatic heterocycles. The number of nitrogens with zero attached hydrogens (tertiary/aromatic N) is 1. The molecule has 3 rings (SSSR count). The van der Waals surface area contributed by atoms with E-state index in [4.69, 9.17) is 4.74 Å². The van der Waals surface area contributed by atoms with Crippen LogP contribution in [0.25, 0.3) is 0 Å². The number of carbonyl (C=O) groups is 2. The summed E-state index contributed by atoms with van der Waals surface area (Å²) < 4.78 is 18.1. The number of ether oxygens (including phenoxy) is 1. The number of hydrogen-bond donors (Lipinski definition) is 0. The lowest BCUT2D eigenvalue weighted by atomic mass is 9.99. The third-order valence-corrected chi connectivity index (χ3v) is 4.15. The second-order valence-corrected chi connectivity index (χ2v) is 5.83. The number of halogens is 1. The molecule has 1 atom stereocenters. The van der Waals surface area contributed by atoms with E-state index in [0.29, 0.717) is 13.1 Å². The van der Waals surface area contributed by atoms with E-state index in [9.17, 15) is 14.0 Å². The molecular weight excluding hydrogens is 309 g/mol. The van der Waals surface area contributed by atoms with Crippen molar-refractivity contribution in [2.45, 2.75) is 26.0 Å². The summed E-state index contributed by atoms with van der Waals surface area (Å²) in [5.74, 6) is -1.28. The largest absolute Gasteiger partial charge is 0.449 e. The fourth-order valence-electron chi connectivity index (χ4n) is 2.81. The lowest BCUT2D eigenvalue weighted by Crippen LogP contribution is -2.42. The first kappa shape index (κ1) is 16.2. The molecule has 4 nitrogen and oxygen atoms in total. The third kappa shape index (κ3) is 3.45. The van der Waals surface area contributed by atoms with E-state index in [2.05, 4.69) is 6.07 Å². The fraction of sp³-hybridized carbons (Fsp3) is 0.263. The van der Waals surface area contributed by atoms with Crippen LogP contribution in [0.4, 0.5) is 4.39 Å². The number of fused-ring (bicyclic) bond motifs is 1. The highest BCUT2D eigenvalue weighted by Gasteiger charge is 2.27. The van der Waals surface area contributed by atoms with Gasteiger partial charge in [0.2, 0.25) is 0 Å². The maximum atomic E-state index is 12.9. The lowest BCUT2D eigenvalue weighted by molar-refractivity contribution is -0.140. The van der Waals surface area contributed by atoms with Crippen LogP contribution in [0.5, 0.6) is 0 Å². The van der Waals surface area contributed by atoms with Crippen LogP contribution in [0.1, 0.15) is 28.4 Å². The average Bonchev–Trinajstić information content (AvgIpc) is 2.61. The summed E-state index contributed by atoms with van der Waals surface area (Å²) in [6.45, 7) is 2.69. The Hall–Kier alpha value is -2.69. The van der Waals surface area contributed by atoms with Crippen LogP contribution in [0.15, 0.2) is 48.5 Å². The molecule has 0 unspecified atom stereocenters. The van der Waals surface area contributed by atoms with Gasteiger partial charge in [-0.15, -0.1) is 0 Å². The summed E-state index contributed by atoms with van der Waals surface area (Å²) in [7, 11) is 0.